The molecule has 0 rings (SSSR count). The smallest absolute Gasteiger partial charge is 0.324 e. The van der Waals surface area contributed by atoms with Crippen molar-refractivity contribution in [2.75, 3.05) is 0 Å². The van der Waals surface area contributed by atoms with Crippen LogP contribution in [-0.4, -0.2) is 24.7 Å². The molecule has 0 aromatic heterocycles. The highest BCUT2D eigenvalue weighted by atomic mass is 31.2. The molecule has 4 N–H and O–H groups in total. The first-order chi connectivity index (χ1) is 6.80. The molecule has 0 unspecified atom stereocenters. The minimum atomic E-state index is -4.76. The predicted molar refractivity (Wildman–Crippen MR) is 60.1 cm³/mol. The molecule has 0 aromatic rings. The van der Waals surface area contributed by atoms with Crippen molar-refractivity contribution < 1.29 is 28.7 Å². The Morgan fingerprint density at radius 1 is 1.06 bits per heavy atom. The van der Waals surface area contributed by atoms with Gasteiger partial charge in [0.1, 0.15) is 10.5 Å². The zero-order valence-corrected chi connectivity index (χ0v) is 11.3. The molecule has 0 spiro atoms. The Morgan fingerprint density at radius 3 is 1.62 bits per heavy atom. The van der Waals surface area contributed by atoms with Crippen molar-refractivity contribution in [1.29, 1.82) is 0 Å². The molecule has 0 atom stereocenters. The maximum absolute atomic E-state index is 11.2. The van der Waals surface area contributed by atoms with Crippen LogP contribution in [0.5, 0.6) is 0 Å². The van der Waals surface area contributed by atoms with Crippen LogP contribution in [0.1, 0.15) is 27.7 Å². The minimum absolute atomic E-state index is 0.430. The third kappa shape index (κ3) is 3.69. The van der Waals surface area contributed by atoms with Crippen molar-refractivity contribution in [2.45, 2.75) is 32.9 Å². The van der Waals surface area contributed by atoms with Gasteiger partial charge < -0.3 is 19.6 Å². The van der Waals surface area contributed by atoms with E-state index >= 15 is 0 Å². The highest BCUT2D eigenvalue weighted by Gasteiger charge is 2.48. The number of allylic oxidation sites excluding steroid dienone is 1. The Bertz CT molecular complexity index is 427. The molecular weight excluding hydrogens is 254 g/mol. The molecule has 16 heavy (non-hydrogen) atoms. The molecule has 0 aliphatic carbocycles. The minimum Gasteiger partial charge on any atom is -0.324 e. The quantitative estimate of drug-likeness (QED) is 0.457. The third-order valence-electron chi connectivity index (χ3n) is 1.97. The van der Waals surface area contributed by atoms with Gasteiger partial charge >= 0.3 is 15.2 Å². The second-order valence-corrected chi connectivity index (χ2v) is 7.86. The van der Waals surface area contributed by atoms with Gasteiger partial charge in [0.2, 0.25) is 0 Å². The lowest BCUT2D eigenvalue weighted by molar-refractivity contribution is 0.339. The molecule has 8 heteroatoms. The van der Waals surface area contributed by atoms with Crippen LogP contribution in [0.4, 0.5) is 0 Å². The number of hydrogen-bond acceptors (Lipinski definition) is 2. The van der Waals surface area contributed by atoms with Gasteiger partial charge in [0.05, 0.1) is 0 Å². The molecule has 0 fully saturated rings. The fraction of sp³-hybridized carbons (Fsp3) is 0.625. The number of hydrogen-bond donors (Lipinski definition) is 4. The van der Waals surface area contributed by atoms with Crippen molar-refractivity contribution in [1.82, 2.24) is 0 Å². The van der Waals surface area contributed by atoms with E-state index in [0.717, 1.165) is 13.8 Å². The monoisotopic (exact) mass is 270 g/mol. The normalized spacial score (nSPS) is 13.2. The molecule has 0 amide bonds. The van der Waals surface area contributed by atoms with Gasteiger partial charge in [0.15, 0.2) is 0 Å². The zero-order valence-electron chi connectivity index (χ0n) is 9.50. The standard InChI is InChI=1S/C8H16O6P2/c1-6(2)5-7(15(9,10)11)8(3,4)16(12,13)14/h1-4H3,(H2,9,10,11)(H2,12,13,14). The average molecular weight is 270 g/mol. The maximum atomic E-state index is 11.2. The highest BCUT2D eigenvalue weighted by molar-refractivity contribution is 7.60. The Hall–Kier alpha value is -0.180. The van der Waals surface area contributed by atoms with Crippen LogP contribution in [0.2, 0.25) is 0 Å². The van der Waals surface area contributed by atoms with Crippen molar-refractivity contribution in [3.05, 3.63) is 16.6 Å². The Morgan fingerprint density at radius 2 is 1.44 bits per heavy atom. The Balaban J connectivity index is 6.10. The first-order valence-electron chi connectivity index (χ1n) is 4.36. The predicted octanol–water partition coefficient (Wildman–Crippen LogP) is 1.57. The second kappa shape index (κ2) is 4.59. The summed E-state index contributed by atoms with van der Waals surface area (Å²) in [5, 5.41) is -2.61. The third-order valence-corrected chi connectivity index (χ3v) is 5.08. The van der Waals surface area contributed by atoms with Gasteiger partial charge in [-0.15, -0.1) is 5.73 Å². The first kappa shape index (κ1) is 15.8. The van der Waals surface area contributed by atoms with Crippen LogP contribution in [-0.2, 0) is 9.13 Å². The fourth-order valence-electron chi connectivity index (χ4n) is 0.957. The van der Waals surface area contributed by atoms with Gasteiger partial charge in [-0.1, -0.05) is 0 Å². The molecular formula is C8H16O6P2. The van der Waals surface area contributed by atoms with Crippen LogP contribution in [0.15, 0.2) is 16.6 Å². The molecule has 94 valence electrons. The largest absolute Gasteiger partial charge is 0.361 e. The molecule has 0 saturated heterocycles. The van der Waals surface area contributed by atoms with E-state index in [9.17, 15) is 9.13 Å². The SMILES string of the molecule is CC(C)=C=C(C(C)(C)P(=O)(O)O)P(=O)(O)O. The second-order valence-electron chi connectivity index (χ2n) is 4.12. The lowest BCUT2D eigenvalue weighted by Crippen LogP contribution is -2.23. The van der Waals surface area contributed by atoms with Crippen molar-refractivity contribution in [3.8, 4) is 0 Å². The lowest BCUT2D eigenvalue weighted by atomic mass is 10.2. The summed E-state index contributed by atoms with van der Waals surface area (Å²) in [5.41, 5.74) is 2.78. The number of rotatable bonds is 3. The first-order valence-corrected chi connectivity index (χ1v) is 7.59. The van der Waals surface area contributed by atoms with E-state index in [4.69, 9.17) is 19.6 Å². The van der Waals surface area contributed by atoms with Crippen molar-refractivity contribution in [2.24, 2.45) is 0 Å². The van der Waals surface area contributed by atoms with Crippen LogP contribution in [0.25, 0.3) is 0 Å². The average Bonchev–Trinajstić information content (AvgIpc) is 1.95. The molecule has 0 saturated carbocycles. The van der Waals surface area contributed by atoms with Gasteiger partial charge in [0, 0.05) is 0 Å². The summed E-state index contributed by atoms with van der Waals surface area (Å²) in [4.78, 5) is 36.3. The topological polar surface area (TPSA) is 115 Å². The van der Waals surface area contributed by atoms with E-state index in [1.54, 1.807) is 0 Å². The van der Waals surface area contributed by atoms with E-state index in [2.05, 4.69) is 5.73 Å². The summed E-state index contributed by atoms with van der Waals surface area (Å²) in [7, 11) is -9.44. The van der Waals surface area contributed by atoms with Crippen molar-refractivity contribution in [3.63, 3.8) is 0 Å². The summed E-state index contributed by atoms with van der Waals surface area (Å²) < 4.78 is 22.4. The molecule has 0 aliphatic heterocycles. The molecule has 6 nitrogen and oxygen atoms in total. The van der Waals surface area contributed by atoms with Gasteiger partial charge in [-0.25, -0.2) is 0 Å². The van der Waals surface area contributed by atoms with Gasteiger partial charge in [-0.2, -0.15) is 0 Å². The highest BCUT2D eigenvalue weighted by Crippen LogP contribution is 2.63. The summed E-state index contributed by atoms with van der Waals surface area (Å²) >= 11 is 0. The summed E-state index contributed by atoms with van der Waals surface area (Å²) in [6.45, 7) is 5.23. The van der Waals surface area contributed by atoms with Gasteiger partial charge in [-0.3, -0.25) is 9.13 Å². The van der Waals surface area contributed by atoms with Crippen LogP contribution < -0.4 is 0 Å². The van der Waals surface area contributed by atoms with E-state index < -0.39 is 25.7 Å². The fourth-order valence-corrected chi connectivity index (χ4v) is 3.15. The van der Waals surface area contributed by atoms with E-state index in [-0.39, 0.29) is 0 Å². The zero-order chi connectivity index (χ0) is 13.4. The summed E-state index contributed by atoms with van der Waals surface area (Å²) in [6.07, 6.45) is 0. The molecule has 0 aliphatic rings. The molecule has 0 radical (unpaired) electrons. The lowest BCUT2D eigenvalue weighted by Gasteiger charge is -2.27. The van der Waals surface area contributed by atoms with Crippen molar-refractivity contribution >= 4 is 15.2 Å². The summed E-state index contributed by atoms with van der Waals surface area (Å²) in [5.74, 6) is 0. The maximum Gasteiger partial charge on any atom is 0.361 e. The van der Waals surface area contributed by atoms with E-state index in [0.29, 0.717) is 5.57 Å². The Labute approximate surface area is 94.0 Å². The van der Waals surface area contributed by atoms with Crippen LogP contribution in [0.3, 0.4) is 0 Å². The van der Waals surface area contributed by atoms with E-state index in [1.165, 1.54) is 13.8 Å². The Kier molecular flexibility index (Phi) is 4.54. The molecule has 0 bridgehead atoms. The van der Waals surface area contributed by atoms with Gasteiger partial charge in [0.25, 0.3) is 0 Å². The summed E-state index contributed by atoms with van der Waals surface area (Å²) in [6, 6.07) is 0. The van der Waals surface area contributed by atoms with Gasteiger partial charge in [-0.05, 0) is 33.3 Å². The molecule has 0 aromatic carbocycles. The van der Waals surface area contributed by atoms with E-state index in [1.807, 2.05) is 0 Å². The molecule has 0 heterocycles. The van der Waals surface area contributed by atoms with Crippen LogP contribution in [0, 0.1) is 0 Å². The van der Waals surface area contributed by atoms with Crippen LogP contribution >= 0.6 is 15.2 Å².